The number of carbonyl (C=O) groups is 1. The normalized spacial score (nSPS) is 15.5. The van der Waals surface area contributed by atoms with E-state index in [1.165, 1.54) is 11.0 Å². The SMILES string of the molecule is Cc1cccc(N2C(=O)N(Cc3ccccc3)c3ccccc3S2(=O)=O)c1. The molecular weight excluding hydrogens is 360 g/mol. The van der Waals surface area contributed by atoms with Crippen LogP contribution in [-0.2, 0) is 16.6 Å². The number of carbonyl (C=O) groups excluding carboxylic acids is 1. The van der Waals surface area contributed by atoms with Crippen LogP contribution in [0.5, 0.6) is 0 Å². The lowest BCUT2D eigenvalue weighted by atomic mass is 10.2. The Morgan fingerprint density at radius 1 is 0.852 bits per heavy atom. The predicted octanol–water partition coefficient (Wildman–Crippen LogP) is 4.33. The van der Waals surface area contributed by atoms with Crippen molar-refractivity contribution in [2.75, 3.05) is 9.21 Å². The number of urea groups is 1. The van der Waals surface area contributed by atoms with Crippen molar-refractivity contribution in [2.24, 2.45) is 0 Å². The van der Waals surface area contributed by atoms with E-state index in [1.807, 2.05) is 43.3 Å². The van der Waals surface area contributed by atoms with E-state index in [9.17, 15) is 13.2 Å². The van der Waals surface area contributed by atoms with Gasteiger partial charge in [0.1, 0.15) is 4.90 Å². The average Bonchev–Trinajstić information content (AvgIpc) is 2.66. The summed E-state index contributed by atoms with van der Waals surface area (Å²) in [5.74, 6) is 0. The highest BCUT2D eigenvalue weighted by molar-refractivity contribution is 7.94. The summed E-state index contributed by atoms with van der Waals surface area (Å²) in [6, 6.07) is 22.5. The van der Waals surface area contributed by atoms with E-state index >= 15 is 0 Å². The maximum atomic E-state index is 13.3. The van der Waals surface area contributed by atoms with Gasteiger partial charge in [0.15, 0.2) is 0 Å². The van der Waals surface area contributed by atoms with Crippen LogP contribution >= 0.6 is 0 Å². The molecule has 3 aromatic carbocycles. The first-order chi connectivity index (χ1) is 13.0. The molecule has 0 aliphatic carbocycles. The summed E-state index contributed by atoms with van der Waals surface area (Å²) < 4.78 is 27.3. The Labute approximate surface area is 158 Å². The molecule has 0 N–H and O–H groups in total. The quantitative estimate of drug-likeness (QED) is 0.682. The molecule has 27 heavy (non-hydrogen) atoms. The topological polar surface area (TPSA) is 57.7 Å². The Bertz CT molecular complexity index is 1110. The number of para-hydroxylation sites is 1. The van der Waals surface area contributed by atoms with Crippen LogP contribution in [0, 0.1) is 6.92 Å². The fourth-order valence-electron chi connectivity index (χ4n) is 3.23. The van der Waals surface area contributed by atoms with Gasteiger partial charge in [-0.25, -0.2) is 13.2 Å². The number of sulfonamides is 1. The highest BCUT2D eigenvalue weighted by Gasteiger charge is 2.42. The van der Waals surface area contributed by atoms with E-state index < -0.39 is 16.1 Å². The van der Waals surface area contributed by atoms with Crippen LogP contribution < -0.4 is 9.21 Å². The summed E-state index contributed by atoms with van der Waals surface area (Å²) in [4.78, 5) is 14.9. The van der Waals surface area contributed by atoms with E-state index in [1.54, 1.807) is 36.4 Å². The van der Waals surface area contributed by atoms with Crippen molar-refractivity contribution in [2.45, 2.75) is 18.4 Å². The minimum Gasteiger partial charge on any atom is -0.287 e. The standard InChI is InChI=1S/C21H18N2O3S/c1-16-8-7-11-18(14-16)23-21(24)22(15-17-9-3-2-4-10-17)19-12-5-6-13-20(19)27(23,25)26/h2-14H,15H2,1H3. The molecule has 5 nitrogen and oxygen atoms in total. The van der Waals surface area contributed by atoms with Crippen LogP contribution in [0.15, 0.2) is 83.8 Å². The van der Waals surface area contributed by atoms with Crippen molar-refractivity contribution < 1.29 is 13.2 Å². The molecule has 4 rings (SSSR count). The number of anilines is 2. The smallest absolute Gasteiger partial charge is 0.287 e. The van der Waals surface area contributed by atoms with E-state index in [4.69, 9.17) is 0 Å². The van der Waals surface area contributed by atoms with Crippen LogP contribution in [0.4, 0.5) is 16.2 Å². The third-order valence-electron chi connectivity index (χ3n) is 4.50. The van der Waals surface area contributed by atoms with Gasteiger partial charge in [0, 0.05) is 0 Å². The second-order valence-electron chi connectivity index (χ2n) is 6.43. The zero-order chi connectivity index (χ0) is 19.0. The highest BCUT2D eigenvalue weighted by Crippen LogP contribution is 2.37. The third-order valence-corrected chi connectivity index (χ3v) is 6.25. The van der Waals surface area contributed by atoms with Crippen molar-refractivity contribution in [1.82, 2.24) is 0 Å². The van der Waals surface area contributed by atoms with Crippen molar-refractivity contribution in [3.63, 3.8) is 0 Å². The van der Waals surface area contributed by atoms with Crippen LogP contribution in [0.3, 0.4) is 0 Å². The molecule has 1 heterocycles. The number of fused-ring (bicyclic) bond motifs is 1. The number of hydrogen-bond donors (Lipinski definition) is 0. The fraction of sp³-hybridized carbons (Fsp3) is 0.0952. The molecule has 0 bridgehead atoms. The molecular formula is C21H18N2O3S. The number of nitrogens with zero attached hydrogens (tertiary/aromatic N) is 2. The second-order valence-corrected chi connectivity index (χ2v) is 8.19. The van der Waals surface area contributed by atoms with Crippen LogP contribution in [0.25, 0.3) is 0 Å². The molecule has 0 saturated carbocycles. The Morgan fingerprint density at radius 3 is 2.30 bits per heavy atom. The first-order valence-corrected chi connectivity index (χ1v) is 9.99. The van der Waals surface area contributed by atoms with Gasteiger partial charge < -0.3 is 0 Å². The maximum Gasteiger partial charge on any atom is 0.343 e. The summed E-state index contributed by atoms with van der Waals surface area (Å²) in [5.41, 5.74) is 2.54. The van der Waals surface area contributed by atoms with Crippen LogP contribution in [0.1, 0.15) is 11.1 Å². The first-order valence-electron chi connectivity index (χ1n) is 8.55. The highest BCUT2D eigenvalue weighted by atomic mass is 32.2. The molecule has 0 atom stereocenters. The van der Waals surface area contributed by atoms with Crippen molar-refractivity contribution in [1.29, 1.82) is 0 Å². The molecule has 2 amide bonds. The summed E-state index contributed by atoms with van der Waals surface area (Å²) in [6.07, 6.45) is 0. The summed E-state index contributed by atoms with van der Waals surface area (Å²) in [7, 11) is -3.98. The monoisotopic (exact) mass is 378 g/mol. The first kappa shape index (κ1) is 17.3. The van der Waals surface area contributed by atoms with Gasteiger partial charge in [-0.3, -0.25) is 4.90 Å². The van der Waals surface area contributed by atoms with E-state index in [-0.39, 0.29) is 11.4 Å². The number of benzene rings is 3. The van der Waals surface area contributed by atoms with Gasteiger partial charge >= 0.3 is 6.03 Å². The zero-order valence-electron chi connectivity index (χ0n) is 14.7. The molecule has 0 saturated heterocycles. The lowest BCUT2D eigenvalue weighted by Crippen LogP contribution is -2.50. The molecule has 1 aliphatic rings. The third kappa shape index (κ3) is 2.98. The molecule has 0 radical (unpaired) electrons. The Kier molecular flexibility index (Phi) is 4.20. The lowest BCUT2D eigenvalue weighted by Gasteiger charge is -2.36. The second kappa shape index (κ2) is 6.55. The van der Waals surface area contributed by atoms with Gasteiger partial charge in [-0.2, -0.15) is 4.31 Å². The molecule has 136 valence electrons. The summed E-state index contributed by atoms with van der Waals surface area (Å²) in [5, 5.41) is 0. The lowest BCUT2D eigenvalue weighted by molar-refractivity contribution is 0.253. The Morgan fingerprint density at radius 2 is 1.56 bits per heavy atom. The predicted molar refractivity (Wildman–Crippen MR) is 105 cm³/mol. The van der Waals surface area contributed by atoms with Gasteiger partial charge in [-0.05, 0) is 42.3 Å². The fourth-order valence-corrected chi connectivity index (χ4v) is 4.82. The van der Waals surface area contributed by atoms with Crippen molar-refractivity contribution in [3.8, 4) is 0 Å². The maximum absolute atomic E-state index is 13.3. The van der Waals surface area contributed by atoms with Gasteiger partial charge in [-0.1, -0.05) is 54.6 Å². The summed E-state index contributed by atoms with van der Waals surface area (Å²) >= 11 is 0. The number of rotatable bonds is 3. The van der Waals surface area contributed by atoms with Crippen LogP contribution in [-0.4, -0.2) is 14.4 Å². The minimum atomic E-state index is -3.98. The van der Waals surface area contributed by atoms with E-state index in [2.05, 4.69) is 0 Å². The zero-order valence-corrected chi connectivity index (χ0v) is 15.6. The van der Waals surface area contributed by atoms with Gasteiger partial charge in [0.05, 0.1) is 17.9 Å². The summed E-state index contributed by atoms with van der Waals surface area (Å²) in [6.45, 7) is 2.15. The number of aryl methyl sites for hydroxylation is 1. The average molecular weight is 378 g/mol. The van der Waals surface area contributed by atoms with Gasteiger partial charge in [0.25, 0.3) is 10.0 Å². The van der Waals surface area contributed by atoms with Crippen LogP contribution in [0.2, 0.25) is 0 Å². The van der Waals surface area contributed by atoms with E-state index in [0.29, 0.717) is 11.4 Å². The largest absolute Gasteiger partial charge is 0.343 e. The number of hydrogen-bond acceptors (Lipinski definition) is 3. The number of amides is 2. The Hall–Kier alpha value is -3.12. The molecule has 0 spiro atoms. The molecule has 0 aromatic heterocycles. The molecule has 3 aromatic rings. The van der Waals surface area contributed by atoms with Crippen molar-refractivity contribution in [3.05, 3.63) is 90.0 Å². The van der Waals surface area contributed by atoms with Crippen molar-refractivity contribution >= 4 is 27.4 Å². The van der Waals surface area contributed by atoms with E-state index in [0.717, 1.165) is 15.4 Å². The van der Waals surface area contributed by atoms with Gasteiger partial charge in [0.2, 0.25) is 0 Å². The molecule has 6 heteroatoms. The molecule has 1 aliphatic heterocycles. The molecule has 0 unspecified atom stereocenters. The molecule has 0 fully saturated rings. The minimum absolute atomic E-state index is 0.127. The Balaban J connectivity index is 1.88. The van der Waals surface area contributed by atoms with Gasteiger partial charge in [-0.15, -0.1) is 0 Å².